The summed E-state index contributed by atoms with van der Waals surface area (Å²) in [5, 5.41) is 8.29. The van der Waals surface area contributed by atoms with Gasteiger partial charge in [-0.25, -0.2) is 10.3 Å². The van der Waals surface area contributed by atoms with Crippen LogP contribution < -0.4 is 10.2 Å². The molecule has 1 aromatic rings. The number of carboxylic acids is 1. The summed E-state index contributed by atoms with van der Waals surface area (Å²) in [4.78, 5) is 26.7. The van der Waals surface area contributed by atoms with Crippen LogP contribution in [0.15, 0.2) is 29.2 Å². The quantitative estimate of drug-likeness (QED) is 0.566. The van der Waals surface area contributed by atoms with E-state index >= 15 is 0 Å². The third kappa shape index (κ3) is 5.55. The third-order valence-electron chi connectivity index (χ3n) is 1.81. The highest BCUT2D eigenvalue weighted by Gasteiger charge is 2.04. The number of hydroxylamine groups is 1. The van der Waals surface area contributed by atoms with Crippen LogP contribution in [0.25, 0.3) is 0 Å². The van der Waals surface area contributed by atoms with E-state index in [0.29, 0.717) is 0 Å². The van der Waals surface area contributed by atoms with Gasteiger partial charge >= 0.3 is 5.97 Å². The monoisotopic (exact) mass is 271 g/mol. The molecule has 0 spiro atoms. The van der Waals surface area contributed by atoms with Crippen LogP contribution in [-0.4, -0.2) is 36.5 Å². The topological polar surface area (TPSA) is 84.9 Å². The molecule has 2 N–H and O–H groups in total. The second-order valence-electron chi connectivity index (χ2n) is 3.17. The number of ether oxygens (including phenoxy) is 1. The number of benzene rings is 1. The normalized spacial score (nSPS) is 9.83. The standard InChI is InChI=1S/C11H13NO5S/c1-16-8-2-4-9(5-3-8)18-7-10(13)12-17-6-11(14)15/h2-5H,6-7H2,1H3,(H,12,13)(H,14,15). The summed E-state index contributed by atoms with van der Waals surface area (Å²) in [5.74, 6) is -0.643. The summed E-state index contributed by atoms with van der Waals surface area (Å²) in [6.45, 7) is -0.557. The lowest BCUT2D eigenvalue weighted by molar-refractivity contribution is -0.148. The fourth-order valence-corrected chi connectivity index (χ4v) is 1.71. The summed E-state index contributed by atoms with van der Waals surface area (Å²) < 4.78 is 5.01. The van der Waals surface area contributed by atoms with Crippen LogP contribution in [0.1, 0.15) is 0 Å². The number of hydrogen-bond donors (Lipinski definition) is 2. The molecule has 0 aliphatic carbocycles. The highest BCUT2D eigenvalue weighted by molar-refractivity contribution is 8.00. The number of rotatable bonds is 7. The highest BCUT2D eigenvalue weighted by Crippen LogP contribution is 2.20. The van der Waals surface area contributed by atoms with Crippen molar-refractivity contribution in [3.8, 4) is 5.75 Å². The number of nitrogens with one attached hydrogen (secondary N) is 1. The highest BCUT2D eigenvalue weighted by atomic mass is 32.2. The van der Waals surface area contributed by atoms with Gasteiger partial charge in [0, 0.05) is 4.90 Å². The van der Waals surface area contributed by atoms with E-state index in [1.54, 1.807) is 19.2 Å². The maximum atomic E-state index is 11.2. The van der Waals surface area contributed by atoms with Crippen molar-refractivity contribution in [1.29, 1.82) is 0 Å². The van der Waals surface area contributed by atoms with E-state index in [1.165, 1.54) is 11.8 Å². The molecule has 0 unspecified atom stereocenters. The van der Waals surface area contributed by atoms with Crippen LogP contribution in [0.4, 0.5) is 0 Å². The molecule has 0 aromatic heterocycles. The van der Waals surface area contributed by atoms with E-state index in [-0.39, 0.29) is 5.75 Å². The zero-order valence-corrected chi connectivity index (χ0v) is 10.5. The van der Waals surface area contributed by atoms with Gasteiger partial charge in [0.2, 0.25) is 0 Å². The Morgan fingerprint density at radius 1 is 1.33 bits per heavy atom. The maximum absolute atomic E-state index is 11.2. The Hall–Kier alpha value is -1.73. The number of thioether (sulfide) groups is 1. The van der Waals surface area contributed by atoms with Crippen molar-refractivity contribution in [2.24, 2.45) is 0 Å². The first-order valence-corrected chi connectivity index (χ1v) is 5.99. The first kappa shape index (κ1) is 14.3. The molecule has 6 nitrogen and oxygen atoms in total. The molecule has 98 valence electrons. The van der Waals surface area contributed by atoms with Gasteiger partial charge in [-0.05, 0) is 24.3 Å². The van der Waals surface area contributed by atoms with E-state index in [4.69, 9.17) is 9.84 Å². The van der Waals surface area contributed by atoms with Crippen LogP contribution in [0.5, 0.6) is 5.75 Å². The predicted molar refractivity (Wildman–Crippen MR) is 65.4 cm³/mol. The Bertz CT molecular complexity index is 406. The summed E-state index contributed by atoms with van der Waals surface area (Å²) in [5.41, 5.74) is 2.04. The summed E-state index contributed by atoms with van der Waals surface area (Å²) >= 11 is 1.31. The van der Waals surface area contributed by atoms with Gasteiger partial charge in [0.25, 0.3) is 5.91 Å². The van der Waals surface area contributed by atoms with Gasteiger partial charge < -0.3 is 9.84 Å². The SMILES string of the molecule is COc1ccc(SCC(=O)NOCC(=O)O)cc1. The van der Waals surface area contributed by atoms with E-state index in [2.05, 4.69) is 4.84 Å². The number of carbonyl (C=O) groups excluding carboxylic acids is 1. The van der Waals surface area contributed by atoms with Crippen molar-refractivity contribution < 1.29 is 24.3 Å². The molecule has 1 amide bonds. The van der Waals surface area contributed by atoms with Gasteiger partial charge in [-0.2, -0.15) is 0 Å². The van der Waals surface area contributed by atoms with Crippen molar-refractivity contribution in [1.82, 2.24) is 5.48 Å². The summed E-state index contributed by atoms with van der Waals surface area (Å²) in [7, 11) is 1.58. The fourth-order valence-electron chi connectivity index (χ4n) is 1.03. The second-order valence-corrected chi connectivity index (χ2v) is 4.22. The molecule has 0 aliphatic rings. The molecule has 1 aromatic carbocycles. The van der Waals surface area contributed by atoms with Gasteiger partial charge in [0.1, 0.15) is 5.75 Å². The number of carbonyl (C=O) groups is 2. The van der Waals surface area contributed by atoms with Crippen molar-refractivity contribution in [2.75, 3.05) is 19.5 Å². The maximum Gasteiger partial charge on any atom is 0.332 e. The van der Waals surface area contributed by atoms with E-state index in [0.717, 1.165) is 10.6 Å². The molecule has 0 radical (unpaired) electrons. The van der Waals surface area contributed by atoms with Crippen molar-refractivity contribution >= 4 is 23.6 Å². The first-order chi connectivity index (χ1) is 8.61. The minimum Gasteiger partial charge on any atom is -0.497 e. The Balaban J connectivity index is 2.26. The molecule has 0 fully saturated rings. The van der Waals surface area contributed by atoms with Gasteiger partial charge in [0.05, 0.1) is 12.9 Å². The average Bonchev–Trinajstić information content (AvgIpc) is 2.36. The van der Waals surface area contributed by atoms with E-state index in [1.807, 2.05) is 17.6 Å². The zero-order valence-electron chi connectivity index (χ0n) is 9.71. The molecular weight excluding hydrogens is 258 g/mol. The number of hydrogen-bond acceptors (Lipinski definition) is 5. The van der Waals surface area contributed by atoms with Gasteiger partial charge in [-0.3, -0.25) is 9.63 Å². The summed E-state index contributed by atoms with van der Waals surface area (Å²) in [6.07, 6.45) is 0. The van der Waals surface area contributed by atoms with Gasteiger partial charge in [0.15, 0.2) is 6.61 Å². The van der Waals surface area contributed by atoms with Crippen LogP contribution >= 0.6 is 11.8 Å². The third-order valence-corrected chi connectivity index (χ3v) is 2.82. The number of carboxylic acid groups (broad SMARTS) is 1. The molecule has 1 rings (SSSR count). The number of amides is 1. The van der Waals surface area contributed by atoms with Crippen molar-refractivity contribution in [3.63, 3.8) is 0 Å². The fraction of sp³-hybridized carbons (Fsp3) is 0.273. The minimum atomic E-state index is -1.14. The Kier molecular flexibility index (Phi) is 6.03. The smallest absolute Gasteiger partial charge is 0.332 e. The minimum absolute atomic E-state index is 0.145. The molecular formula is C11H13NO5S. The van der Waals surface area contributed by atoms with E-state index in [9.17, 15) is 9.59 Å². The predicted octanol–water partition coefficient (Wildman–Crippen LogP) is 0.920. The molecule has 0 heterocycles. The van der Waals surface area contributed by atoms with Crippen LogP contribution in [0, 0.1) is 0 Å². The van der Waals surface area contributed by atoms with Gasteiger partial charge in [-0.1, -0.05) is 0 Å². The molecule has 0 atom stereocenters. The van der Waals surface area contributed by atoms with Crippen LogP contribution in [-0.2, 0) is 14.4 Å². The van der Waals surface area contributed by atoms with Gasteiger partial charge in [-0.15, -0.1) is 11.8 Å². The lowest BCUT2D eigenvalue weighted by atomic mass is 10.3. The Morgan fingerprint density at radius 3 is 2.56 bits per heavy atom. The molecule has 0 bridgehead atoms. The average molecular weight is 271 g/mol. The number of methoxy groups -OCH3 is 1. The molecule has 0 aliphatic heterocycles. The summed E-state index contributed by atoms with van der Waals surface area (Å²) in [6, 6.07) is 7.24. The molecule has 0 saturated carbocycles. The lowest BCUT2D eigenvalue weighted by Crippen LogP contribution is -2.27. The molecule has 18 heavy (non-hydrogen) atoms. The largest absolute Gasteiger partial charge is 0.497 e. The zero-order chi connectivity index (χ0) is 13.4. The van der Waals surface area contributed by atoms with Crippen molar-refractivity contribution in [2.45, 2.75) is 4.90 Å². The van der Waals surface area contributed by atoms with Crippen LogP contribution in [0.3, 0.4) is 0 Å². The van der Waals surface area contributed by atoms with E-state index < -0.39 is 18.5 Å². The number of aliphatic carboxylic acids is 1. The molecule has 0 saturated heterocycles. The van der Waals surface area contributed by atoms with Crippen molar-refractivity contribution in [3.05, 3.63) is 24.3 Å². The second kappa shape index (κ2) is 7.57. The van der Waals surface area contributed by atoms with Crippen LogP contribution in [0.2, 0.25) is 0 Å². The molecule has 7 heteroatoms. The Labute approximate surface area is 108 Å². The lowest BCUT2D eigenvalue weighted by Gasteiger charge is -2.04. The first-order valence-electron chi connectivity index (χ1n) is 5.01. The Morgan fingerprint density at radius 2 is 2.00 bits per heavy atom.